The first kappa shape index (κ1) is 22.7. The topological polar surface area (TPSA) is 86.8 Å². The van der Waals surface area contributed by atoms with Gasteiger partial charge in [0.2, 0.25) is 21.8 Å². The van der Waals surface area contributed by atoms with E-state index in [1.165, 1.54) is 0 Å². The Bertz CT molecular complexity index is 836. The minimum absolute atomic E-state index is 0.0283. The van der Waals surface area contributed by atoms with Crippen LogP contribution in [0.4, 0.5) is 5.69 Å². The van der Waals surface area contributed by atoms with E-state index in [1.807, 2.05) is 18.7 Å². The second-order valence-electron chi connectivity index (χ2n) is 8.59. The molecule has 7 nitrogen and oxygen atoms in total. The molecule has 2 saturated heterocycles. The molecule has 1 aromatic rings. The van der Waals surface area contributed by atoms with Crippen molar-refractivity contribution in [3.63, 3.8) is 0 Å². The monoisotopic (exact) mass is 435 g/mol. The molecule has 8 heteroatoms. The summed E-state index contributed by atoms with van der Waals surface area (Å²) in [4.78, 5) is 26.8. The first-order valence-corrected chi connectivity index (χ1v) is 12.4. The molecule has 0 saturated carbocycles. The number of sulfonamides is 1. The molecule has 0 radical (unpaired) electrons. The summed E-state index contributed by atoms with van der Waals surface area (Å²) >= 11 is 0. The maximum absolute atomic E-state index is 12.9. The third-order valence-corrected chi connectivity index (χ3v) is 7.91. The van der Waals surface area contributed by atoms with Gasteiger partial charge in [-0.2, -0.15) is 4.31 Å². The van der Waals surface area contributed by atoms with E-state index in [0.29, 0.717) is 44.7 Å². The fraction of sp³-hybridized carbons (Fsp3) is 0.636. The molecule has 0 unspecified atom stereocenters. The lowest BCUT2D eigenvalue weighted by Gasteiger charge is -2.32. The maximum atomic E-state index is 12.9. The Morgan fingerprint density at radius 3 is 2.03 bits per heavy atom. The highest BCUT2D eigenvalue weighted by atomic mass is 32.2. The van der Waals surface area contributed by atoms with Crippen LogP contribution in [0.5, 0.6) is 0 Å². The number of carbonyl (C=O) groups is 2. The van der Waals surface area contributed by atoms with Crippen molar-refractivity contribution in [3.8, 4) is 0 Å². The standard InChI is InChI=1S/C22H33N3O4S/c1-17(2)22(27)24-15-11-18(12-16-24)21(26)23-19-7-9-20(10-8-19)30(28,29)25-13-5-3-4-6-14-25/h7-10,17-18H,3-6,11-16H2,1-2H3,(H,23,26). The van der Waals surface area contributed by atoms with E-state index in [2.05, 4.69) is 5.32 Å². The molecule has 3 rings (SSSR count). The maximum Gasteiger partial charge on any atom is 0.243 e. The van der Waals surface area contributed by atoms with Gasteiger partial charge >= 0.3 is 0 Å². The van der Waals surface area contributed by atoms with Gasteiger partial charge in [-0.05, 0) is 49.9 Å². The van der Waals surface area contributed by atoms with Crippen molar-refractivity contribution in [1.82, 2.24) is 9.21 Å². The van der Waals surface area contributed by atoms with Crippen molar-refractivity contribution in [2.75, 3.05) is 31.5 Å². The molecule has 0 spiro atoms. The van der Waals surface area contributed by atoms with Crippen molar-refractivity contribution in [1.29, 1.82) is 0 Å². The zero-order chi connectivity index (χ0) is 21.7. The molecule has 0 aromatic heterocycles. The number of nitrogens with one attached hydrogen (secondary N) is 1. The van der Waals surface area contributed by atoms with E-state index in [4.69, 9.17) is 0 Å². The number of carbonyl (C=O) groups excluding carboxylic acids is 2. The lowest BCUT2D eigenvalue weighted by atomic mass is 9.95. The van der Waals surface area contributed by atoms with Crippen molar-refractivity contribution in [2.45, 2.75) is 57.3 Å². The largest absolute Gasteiger partial charge is 0.342 e. The van der Waals surface area contributed by atoms with Crippen LogP contribution >= 0.6 is 0 Å². The number of rotatable bonds is 5. The quantitative estimate of drug-likeness (QED) is 0.770. The van der Waals surface area contributed by atoms with Gasteiger partial charge in [0, 0.05) is 43.7 Å². The van der Waals surface area contributed by atoms with Gasteiger partial charge in [-0.3, -0.25) is 9.59 Å². The molecule has 166 valence electrons. The molecule has 2 amide bonds. The number of piperidine rings is 1. The summed E-state index contributed by atoms with van der Waals surface area (Å²) in [6.07, 6.45) is 5.23. The number of amides is 2. The van der Waals surface area contributed by atoms with Gasteiger partial charge in [-0.25, -0.2) is 8.42 Å². The molecule has 2 fully saturated rings. The van der Waals surface area contributed by atoms with Crippen LogP contribution in [0, 0.1) is 11.8 Å². The SMILES string of the molecule is CC(C)C(=O)N1CCC(C(=O)Nc2ccc(S(=O)(=O)N3CCCCCC3)cc2)CC1. The Morgan fingerprint density at radius 1 is 0.933 bits per heavy atom. The summed E-state index contributed by atoms with van der Waals surface area (Å²) in [5.41, 5.74) is 0.593. The Labute approximate surface area is 179 Å². The Hall–Kier alpha value is -1.93. The van der Waals surface area contributed by atoms with Crippen molar-refractivity contribution in [2.24, 2.45) is 11.8 Å². The molecule has 1 aromatic carbocycles. The summed E-state index contributed by atoms with van der Waals surface area (Å²) < 4.78 is 27.3. The number of anilines is 1. The molecular formula is C22H33N3O4S. The van der Waals surface area contributed by atoms with Gasteiger partial charge in [0.25, 0.3) is 0 Å². The Kier molecular flexibility index (Phi) is 7.52. The average molecular weight is 436 g/mol. The van der Waals surface area contributed by atoms with Gasteiger partial charge in [-0.15, -0.1) is 0 Å². The third-order valence-electron chi connectivity index (χ3n) is 6.00. The predicted octanol–water partition coefficient (Wildman–Crippen LogP) is 3.08. The number of benzene rings is 1. The van der Waals surface area contributed by atoms with Crippen LogP contribution in [0.2, 0.25) is 0 Å². The number of hydrogen-bond acceptors (Lipinski definition) is 4. The molecular weight excluding hydrogens is 402 g/mol. The van der Waals surface area contributed by atoms with Crippen molar-refractivity contribution in [3.05, 3.63) is 24.3 Å². The third kappa shape index (κ3) is 5.40. The highest BCUT2D eigenvalue weighted by Gasteiger charge is 2.29. The minimum Gasteiger partial charge on any atom is -0.342 e. The molecule has 30 heavy (non-hydrogen) atoms. The fourth-order valence-electron chi connectivity index (χ4n) is 4.11. The van der Waals surface area contributed by atoms with Gasteiger partial charge in [0.05, 0.1) is 4.90 Å². The van der Waals surface area contributed by atoms with E-state index in [-0.39, 0.29) is 28.5 Å². The van der Waals surface area contributed by atoms with Crippen molar-refractivity contribution >= 4 is 27.5 Å². The smallest absolute Gasteiger partial charge is 0.243 e. The second kappa shape index (κ2) is 9.92. The zero-order valence-electron chi connectivity index (χ0n) is 18.0. The van der Waals surface area contributed by atoms with Crippen LogP contribution in [-0.4, -0.2) is 55.6 Å². The van der Waals surface area contributed by atoms with Crippen LogP contribution in [0.25, 0.3) is 0 Å². The van der Waals surface area contributed by atoms with Gasteiger partial charge < -0.3 is 10.2 Å². The van der Waals surface area contributed by atoms with E-state index >= 15 is 0 Å². The van der Waals surface area contributed by atoms with E-state index in [1.54, 1.807) is 28.6 Å². The normalized spacial score (nSPS) is 19.5. The average Bonchev–Trinajstić information content (AvgIpc) is 3.04. The van der Waals surface area contributed by atoms with Crippen LogP contribution in [-0.2, 0) is 19.6 Å². The van der Waals surface area contributed by atoms with Crippen molar-refractivity contribution < 1.29 is 18.0 Å². The number of hydrogen-bond donors (Lipinski definition) is 1. The lowest BCUT2D eigenvalue weighted by molar-refractivity contribution is -0.137. The van der Waals surface area contributed by atoms with Gasteiger partial charge in [-0.1, -0.05) is 26.7 Å². The molecule has 2 heterocycles. The number of likely N-dealkylation sites (tertiary alicyclic amines) is 1. The zero-order valence-corrected chi connectivity index (χ0v) is 18.8. The molecule has 0 aliphatic carbocycles. The number of nitrogens with zero attached hydrogens (tertiary/aromatic N) is 2. The predicted molar refractivity (Wildman–Crippen MR) is 116 cm³/mol. The summed E-state index contributed by atoms with van der Waals surface area (Å²) in [5.74, 6) is -0.106. The van der Waals surface area contributed by atoms with Gasteiger partial charge in [0.15, 0.2) is 0 Å². The summed E-state index contributed by atoms with van der Waals surface area (Å²) in [5, 5.41) is 2.90. The Morgan fingerprint density at radius 2 is 1.50 bits per heavy atom. The van der Waals surface area contributed by atoms with Crippen LogP contribution in [0.3, 0.4) is 0 Å². The van der Waals surface area contributed by atoms with Gasteiger partial charge in [0.1, 0.15) is 0 Å². The Balaban J connectivity index is 1.57. The first-order valence-electron chi connectivity index (χ1n) is 11.0. The van der Waals surface area contributed by atoms with E-state index in [0.717, 1.165) is 25.7 Å². The molecule has 1 N–H and O–H groups in total. The second-order valence-corrected chi connectivity index (χ2v) is 10.5. The van der Waals surface area contributed by atoms with E-state index < -0.39 is 10.0 Å². The minimum atomic E-state index is -3.49. The van der Waals surface area contributed by atoms with Crippen LogP contribution in [0.15, 0.2) is 29.2 Å². The fourth-order valence-corrected chi connectivity index (χ4v) is 5.63. The molecule has 0 atom stereocenters. The highest BCUT2D eigenvalue weighted by Crippen LogP contribution is 2.24. The van der Waals surface area contributed by atoms with Crippen LogP contribution in [0.1, 0.15) is 52.4 Å². The summed E-state index contributed by atoms with van der Waals surface area (Å²) in [7, 11) is -3.49. The molecule has 2 aliphatic heterocycles. The van der Waals surface area contributed by atoms with Crippen LogP contribution < -0.4 is 5.32 Å². The first-order chi connectivity index (χ1) is 14.3. The van der Waals surface area contributed by atoms with E-state index in [9.17, 15) is 18.0 Å². The summed E-state index contributed by atoms with van der Waals surface area (Å²) in [6.45, 7) is 6.11. The molecule has 2 aliphatic rings. The highest BCUT2D eigenvalue weighted by molar-refractivity contribution is 7.89. The lowest BCUT2D eigenvalue weighted by Crippen LogP contribution is -2.43. The summed E-state index contributed by atoms with van der Waals surface area (Å²) in [6, 6.07) is 6.44. The molecule has 0 bridgehead atoms.